The molecule has 4 rings (SSSR count). The summed E-state index contributed by atoms with van der Waals surface area (Å²) < 4.78 is 21.9. The van der Waals surface area contributed by atoms with Crippen LogP contribution in [0.2, 0.25) is 0 Å². The van der Waals surface area contributed by atoms with Crippen LogP contribution in [0.1, 0.15) is 0 Å². The fourth-order valence-corrected chi connectivity index (χ4v) is 3.57. The molecule has 3 aromatic rings. The monoisotopic (exact) mass is 415 g/mol. The maximum Gasteiger partial charge on any atom is 0.220 e. The standard InChI is InChI=1S/C21H21NO8/c1-27-15-7-11(8-16(28-2)19(15)25)21-18(22-3-5-29-6-4-22)20(26)17-13(24)9-12(23)10-14(17)30-21/h7-10,23-25H,3-6H2,1-2H3. The number of aromatic hydroxyl groups is 3. The van der Waals surface area contributed by atoms with Crippen molar-refractivity contribution in [3.05, 3.63) is 34.5 Å². The number of anilines is 1. The van der Waals surface area contributed by atoms with Crippen LogP contribution >= 0.6 is 0 Å². The van der Waals surface area contributed by atoms with Gasteiger partial charge in [-0.1, -0.05) is 0 Å². The highest BCUT2D eigenvalue weighted by Gasteiger charge is 2.26. The van der Waals surface area contributed by atoms with E-state index in [1.165, 1.54) is 32.4 Å². The molecule has 158 valence electrons. The van der Waals surface area contributed by atoms with E-state index < -0.39 is 5.43 Å². The smallest absolute Gasteiger partial charge is 0.220 e. The SMILES string of the molecule is COc1cc(-c2oc3cc(O)cc(O)c3c(=O)c2N2CCOCC2)cc(OC)c1O. The number of hydrogen-bond donors (Lipinski definition) is 3. The summed E-state index contributed by atoms with van der Waals surface area (Å²) in [5.41, 5.74) is 0.235. The number of hydrogen-bond acceptors (Lipinski definition) is 9. The van der Waals surface area contributed by atoms with E-state index in [1.807, 2.05) is 4.90 Å². The van der Waals surface area contributed by atoms with E-state index in [9.17, 15) is 20.1 Å². The minimum Gasteiger partial charge on any atom is -0.508 e. The number of ether oxygens (including phenoxy) is 3. The van der Waals surface area contributed by atoms with Crippen LogP contribution in [0, 0.1) is 0 Å². The summed E-state index contributed by atoms with van der Waals surface area (Å²) in [4.78, 5) is 15.3. The van der Waals surface area contributed by atoms with Crippen LogP contribution in [0.4, 0.5) is 5.69 Å². The summed E-state index contributed by atoms with van der Waals surface area (Å²) in [6.45, 7) is 1.77. The lowest BCUT2D eigenvalue weighted by Gasteiger charge is -2.29. The minimum atomic E-state index is -0.448. The summed E-state index contributed by atoms with van der Waals surface area (Å²) in [6, 6.07) is 5.40. The van der Waals surface area contributed by atoms with E-state index in [0.717, 1.165) is 6.07 Å². The van der Waals surface area contributed by atoms with Crippen molar-refractivity contribution < 1.29 is 33.9 Å². The van der Waals surface area contributed by atoms with Crippen LogP contribution in [0.5, 0.6) is 28.7 Å². The lowest BCUT2D eigenvalue weighted by molar-refractivity contribution is 0.122. The number of fused-ring (bicyclic) bond motifs is 1. The Hall–Kier alpha value is -3.59. The number of methoxy groups -OCH3 is 2. The summed E-state index contributed by atoms with van der Waals surface area (Å²) in [6.07, 6.45) is 0. The Morgan fingerprint density at radius 3 is 2.20 bits per heavy atom. The van der Waals surface area contributed by atoms with Crippen LogP contribution in [-0.2, 0) is 4.74 Å². The van der Waals surface area contributed by atoms with Gasteiger partial charge >= 0.3 is 0 Å². The zero-order chi connectivity index (χ0) is 21.4. The second-order valence-corrected chi connectivity index (χ2v) is 6.78. The Morgan fingerprint density at radius 2 is 1.60 bits per heavy atom. The van der Waals surface area contributed by atoms with Gasteiger partial charge in [-0.3, -0.25) is 4.79 Å². The van der Waals surface area contributed by atoms with E-state index in [0.29, 0.717) is 31.9 Å². The lowest BCUT2D eigenvalue weighted by atomic mass is 10.1. The van der Waals surface area contributed by atoms with Crippen LogP contribution in [0.3, 0.4) is 0 Å². The molecule has 1 saturated heterocycles. The van der Waals surface area contributed by atoms with Gasteiger partial charge in [0.25, 0.3) is 0 Å². The van der Waals surface area contributed by atoms with Gasteiger partial charge in [-0.25, -0.2) is 0 Å². The third kappa shape index (κ3) is 3.22. The first-order valence-corrected chi connectivity index (χ1v) is 9.25. The number of phenolic OH excluding ortho intramolecular Hbond substituents is 3. The van der Waals surface area contributed by atoms with Gasteiger partial charge < -0.3 is 38.8 Å². The Balaban J connectivity index is 2.06. The van der Waals surface area contributed by atoms with E-state index in [4.69, 9.17) is 18.6 Å². The molecule has 0 amide bonds. The molecule has 9 heteroatoms. The Morgan fingerprint density at radius 1 is 0.967 bits per heavy atom. The van der Waals surface area contributed by atoms with Gasteiger partial charge in [0, 0.05) is 30.8 Å². The van der Waals surface area contributed by atoms with Crippen molar-refractivity contribution in [2.75, 3.05) is 45.4 Å². The predicted molar refractivity (Wildman–Crippen MR) is 109 cm³/mol. The van der Waals surface area contributed by atoms with E-state index in [1.54, 1.807) is 0 Å². The molecule has 0 radical (unpaired) electrons. The largest absolute Gasteiger partial charge is 0.508 e. The summed E-state index contributed by atoms with van der Waals surface area (Å²) in [5, 5.41) is 30.4. The topological polar surface area (TPSA) is 122 Å². The van der Waals surface area contributed by atoms with Crippen LogP contribution < -0.4 is 19.8 Å². The van der Waals surface area contributed by atoms with E-state index >= 15 is 0 Å². The number of phenols is 3. The van der Waals surface area contributed by atoms with Gasteiger partial charge in [0.05, 0.1) is 27.4 Å². The van der Waals surface area contributed by atoms with Crippen LogP contribution in [-0.4, -0.2) is 55.8 Å². The molecule has 0 unspecified atom stereocenters. The average Bonchev–Trinajstić information content (AvgIpc) is 2.73. The number of benzene rings is 2. The van der Waals surface area contributed by atoms with Crippen molar-refractivity contribution in [3.63, 3.8) is 0 Å². The fourth-order valence-electron chi connectivity index (χ4n) is 3.57. The third-order valence-corrected chi connectivity index (χ3v) is 5.00. The van der Waals surface area contributed by atoms with Gasteiger partial charge in [0.15, 0.2) is 17.3 Å². The highest BCUT2D eigenvalue weighted by atomic mass is 16.5. The zero-order valence-electron chi connectivity index (χ0n) is 16.5. The number of rotatable bonds is 4. The molecule has 1 aromatic heterocycles. The maximum atomic E-state index is 13.4. The Bertz CT molecular complexity index is 1140. The molecular weight excluding hydrogens is 394 g/mol. The van der Waals surface area contributed by atoms with E-state index in [2.05, 4.69) is 0 Å². The first-order chi connectivity index (χ1) is 14.4. The van der Waals surface area contributed by atoms with Crippen LogP contribution in [0.25, 0.3) is 22.3 Å². The summed E-state index contributed by atoms with van der Waals surface area (Å²) in [5.74, 6) is -0.335. The van der Waals surface area contributed by atoms with E-state index in [-0.39, 0.29) is 51.2 Å². The van der Waals surface area contributed by atoms with Crippen molar-refractivity contribution in [3.8, 4) is 40.1 Å². The van der Waals surface area contributed by atoms with Crippen molar-refractivity contribution >= 4 is 16.7 Å². The molecule has 1 aliphatic rings. The highest BCUT2D eigenvalue weighted by molar-refractivity contribution is 5.91. The molecule has 2 heterocycles. The maximum absolute atomic E-state index is 13.4. The second kappa shape index (κ2) is 7.68. The minimum absolute atomic E-state index is 0.0236. The van der Waals surface area contributed by atoms with Gasteiger partial charge in [-0.15, -0.1) is 0 Å². The highest BCUT2D eigenvalue weighted by Crippen LogP contribution is 2.43. The molecule has 0 bridgehead atoms. The zero-order valence-corrected chi connectivity index (χ0v) is 16.5. The van der Waals surface area contributed by atoms with Gasteiger partial charge in [0.2, 0.25) is 11.2 Å². The van der Waals surface area contributed by atoms with Gasteiger partial charge in [-0.2, -0.15) is 0 Å². The molecular formula is C21H21NO8. The Kier molecular flexibility index (Phi) is 5.04. The molecule has 0 spiro atoms. The van der Waals surface area contributed by atoms with Crippen molar-refractivity contribution in [2.24, 2.45) is 0 Å². The number of nitrogens with zero attached hydrogens (tertiary/aromatic N) is 1. The molecule has 0 atom stereocenters. The van der Waals surface area contributed by atoms with Crippen molar-refractivity contribution in [1.82, 2.24) is 0 Å². The second-order valence-electron chi connectivity index (χ2n) is 6.78. The quantitative estimate of drug-likeness (QED) is 0.590. The third-order valence-electron chi connectivity index (χ3n) is 5.00. The van der Waals surface area contributed by atoms with Crippen LogP contribution in [0.15, 0.2) is 33.5 Å². The first kappa shape index (κ1) is 19.7. The molecule has 0 saturated carbocycles. The molecule has 9 nitrogen and oxygen atoms in total. The van der Waals surface area contributed by atoms with Gasteiger partial charge in [0.1, 0.15) is 28.2 Å². The lowest BCUT2D eigenvalue weighted by Crippen LogP contribution is -2.39. The molecule has 30 heavy (non-hydrogen) atoms. The van der Waals surface area contributed by atoms with Crippen molar-refractivity contribution in [1.29, 1.82) is 0 Å². The first-order valence-electron chi connectivity index (χ1n) is 9.25. The molecule has 1 fully saturated rings. The summed E-state index contributed by atoms with van der Waals surface area (Å²) >= 11 is 0. The summed E-state index contributed by atoms with van der Waals surface area (Å²) in [7, 11) is 2.79. The Labute approximate surface area is 171 Å². The van der Waals surface area contributed by atoms with Gasteiger partial charge in [-0.05, 0) is 12.1 Å². The fraction of sp³-hybridized carbons (Fsp3) is 0.286. The normalized spacial score (nSPS) is 14.1. The van der Waals surface area contributed by atoms with Crippen molar-refractivity contribution in [2.45, 2.75) is 0 Å². The molecule has 1 aliphatic heterocycles. The molecule has 3 N–H and O–H groups in total. The number of morpholine rings is 1. The average molecular weight is 415 g/mol. The molecule has 0 aliphatic carbocycles. The molecule has 2 aromatic carbocycles. The predicted octanol–water partition coefficient (Wildman–Crippen LogP) is 2.43.